The number of aromatic nitrogens is 1. The van der Waals surface area contributed by atoms with Crippen LogP contribution in [0.15, 0.2) is 60.7 Å². The molecule has 6 rings (SSSR count). The number of carbonyl (C=O) groups excluding carboxylic acids is 1. The van der Waals surface area contributed by atoms with Crippen LogP contribution in [0.5, 0.6) is 5.75 Å². The number of likely N-dealkylation sites (tertiary alicyclic amines) is 1. The number of ketones is 1. The Morgan fingerprint density at radius 1 is 0.938 bits per heavy atom. The maximum atomic E-state index is 14.0. The highest BCUT2D eigenvalue weighted by Gasteiger charge is 2.31. The van der Waals surface area contributed by atoms with Gasteiger partial charge < -0.3 is 14.2 Å². The minimum Gasteiger partial charge on any atom is -0.489 e. The van der Waals surface area contributed by atoms with Crippen LogP contribution in [0.4, 0.5) is 0 Å². The molecule has 0 N–H and O–H groups in total. The van der Waals surface area contributed by atoms with Gasteiger partial charge in [0.25, 0.3) is 0 Å². The van der Waals surface area contributed by atoms with Gasteiger partial charge in [0.2, 0.25) is 0 Å². The summed E-state index contributed by atoms with van der Waals surface area (Å²) in [5.41, 5.74) is 3.70. The topological polar surface area (TPSA) is 34.5 Å². The molecule has 0 unspecified atom stereocenters. The number of hydrogen-bond acceptors (Lipinski definition) is 3. The van der Waals surface area contributed by atoms with Gasteiger partial charge in [0.05, 0.1) is 17.1 Å². The first-order chi connectivity index (χ1) is 15.7. The van der Waals surface area contributed by atoms with Crippen LogP contribution in [0.1, 0.15) is 46.9 Å². The zero-order valence-electron chi connectivity index (χ0n) is 18.5. The zero-order valence-corrected chi connectivity index (χ0v) is 18.5. The molecule has 4 nitrogen and oxygen atoms in total. The maximum Gasteiger partial charge on any atom is 0.196 e. The molecule has 0 saturated carbocycles. The smallest absolute Gasteiger partial charge is 0.196 e. The van der Waals surface area contributed by atoms with E-state index in [9.17, 15) is 4.79 Å². The lowest BCUT2D eigenvalue weighted by atomic mass is 9.95. The van der Waals surface area contributed by atoms with E-state index in [4.69, 9.17) is 4.74 Å². The summed E-state index contributed by atoms with van der Waals surface area (Å²) < 4.78 is 8.60. The van der Waals surface area contributed by atoms with Gasteiger partial charge >= 0.3 is 0 Å². The molecule has 0 radical (unpaired) electrons. The van der Waals surface area contributed by atoms with Crippen molar-refractivity contribution in [2.24, 2.45) is 0 Å². The number of hydrogen-bond donors (Lipinski definition) is 0. The van der Waals surface area contributed by atoms with Gasteiger partial charge in [0, 0.05) is 23.2 Å². The number of ether oxygens (including phenoxy) is 1. The highest BCUT2D eigenvalue weighted by atomic mass is 16.5. The van der Waals surface area contributed by atoms with E-state index in [2.05, 4.69) is 34.6 Å². The molecular formula is C28H28N2O2. The Kier molecular flexibility index (Phi) is 4.76. The van der Waals surface area contributed by atoms with E-state index in [1.54, 1.807) is 0 Å². The SMILES string of the molecule is Cc1c(C(=O)c2cccc3ccccc23)c2cccc3c2n1[C@H](CN1CCCCC1)CO3. The molecule has 0 bridgehead atoms. The number of rotatable bonds is 4. The van der Waals surface area contributed by atoms with Gasteiger partial charge in [0.15, 0.2) is 5.78 Å². The molecule has 1 aromatic heterocycles. The number of piperidine rings is 1. The third-order valence-corrected chi connectivity index (χ3v) is 7.21. The minimum atomic E-state index is 0.0961. The summed E-state index contributed by atoms with van der Waals surface area (Å²) >= 11 is 0. The third-order valence-electron chi connectivity index (χ3n) is 7.21. The summed E-state index contributed by atoms with van der Waals surface area (Å²) in [6.07, 6.45) is 3.88. The Hall–Kier alpha value is -3.11. The number of para-hydroxylation sites is 1. The van der Waals surface area contributed by atoms with E-state index in [1.165, 1.54) is 19.3 Å². The molecule has 2 aliphatic heterocycles. The van der Waals surface area contributed by atoms with Crippen LogP contribution in [-0.2, 0) is 0 Å². The van der Waals surface area contributed by atoms with Crippen molar-refractivity contribution in [1.82, 2.24) is 9.47 Å². The van der Waals surface area contributed by atoms with E-state index in [-0.39, 0.29) is 11.8 Å². The Bertz CT molecular complexity index is 1330. The lowest BCUT2D eigenvalue weighted by Gasteiger charge is -2.34. The van der Waals surface area contributed by atoms with Gasteiger partial charge in [-0.2, -0.15) is 0 Å². The molecule has 3 aromatic carbocycles. The molecular weight excluding hydrogens is 396 g/mol. The molecule has 0 amide bonds. The van der Waals surface area contributed by atoms with Crippen molar-refractivity contribution in [1.29, 1.82) is 0 Å². The molecule has 162 valence electrons. The number of carbonyl (C=O) groups is 1. The van der Waals surface area contributed by atoms with Crippen molar-refractivity contribution in [3.05, 3.63) is 77.5 Å². The van der Waals surface area contributed by atoms with Gasteiger partial charge in [0.1, 0.15) is 12.4 Å². The molecule has 4 heteroatoms. The fraction of sp³-hybridized carbons (Fsp3) is 0.321. The zero-order chi connectivity index (χ0) is 21.7. The van der Waals surface area contributed by atoms with Crippen LogP contribution in [0.25, 0.3) is 21.7 Å². The predicted molar refractivity (Wildman–Crippen MR) is 129 cm³/mol. The standard InChI is InChI=1S/C28H28N2O2/c1-19-26(28(31)23-12-7-10-20-9-3-4-11-22(20)23)24-13-8-14-25-27(24)30(19)21(18-32-25)17-29-15-5-2-6-16-29/h3-4,7-14,21H,2,5-6,15-18H2,1H3/t21-/m1/s1. The Balaban J connectivity index is 1.50. The van der Waals surface area contributed by atoms with E-state index in [0.717, 1.165) is 63.9 Å². The van der Waals surface area contributed by atoms with Crippen molar-refractivity contribution >= 4 is 27.5 Å². The second kappa shape index (κ2) is 7.79. The highest BCUT2D eigenvalue weighted by molar-refractivity contribution is 6.22. The second-order valence-electron chi connectivity index (χ2n) is 9.16. The Labute approximate surface area is 188 Å². The Morgan fingerprint density at radius 2 is 1.69 bits per heavy atom. The number of benzene rings is 3. The van der Waals surface area contributed by atoms with Crippen LogP contribution in [0.3, 0.4) is 0 Å². The van der Waals surface area contributed by atoms with Gasteiger partial charge in [-0.05, 0) is 49.7 Å². The molecule has 0 aliphatic carbocycles. The monoisotopic (exact) mass is 424 g/mol. The van der Waals surface area contributed by atoms with Crippen LogP contribution >= 0.6 is 0 Å². The van der Waals surface area contributed by atoms with Gasteiger partial charge in [-0.25, -0.2) is 0 Å². The highest BCUT2D eigenvalue weighted by Crippen LogP contribution is 2.40. The van der Waals surface area contributed by atoms with Crippen molar-refractivity contribution in [2.75, 3.05) is 26.2 Å². The lowest BCUT2D eigenvalue weighted by molar-refractivity contribution is 0.104. The fourth-order valence-electron chi connectivity index (χ4n) is 5.71. The van der Waals surface area contributed by atoms with Crippen LogP contribution in [-0.4, -0.2) is 41.5 Å². The summed E-state index contributed by atoms with van der Waals surface area (Å²) in [7, 11) is 0. The third kappa shape index (κ3) is 3.05. The quantitative estimate of drug-likeness (QED) is 0.391. The summed E-state index contributed by atoms with van der Waals surface area (Å²) in [5, 5.41) is 3.10. The summed E-state index contributed by atoms with van der Waals surface area (Å²) in [6.45, 7) is 6.05. The van der Waals surface area contributed by atoms with E-state index in [1.807, 2.05) is 42.5 Å². The number of fused-ring (bicyclic) bond motifs is 1. The van der Waals surface area contributed by atoms with Crippen LogP contribution < -0.4 is 4.74 Å². The predicted octanol–water partition coefficient (Wildman–Crippen LogP) is 5.75. The van der Waals surface area contributed by atoms with Gasteiger partial charge in [-0.15, -0.1) is 0 Å². The average Bonchev–Trinajstić information content (AvgIpc) is 3.14. The maximum absolute atomic E-state index is 14.0. The molecule has 4 aromatic rings. The van der Waals surface area contributed by atoms with Crippen molar-refractivity contribution in [2.45, 2.75) is 32.2 Å². The van der Waals surface area contributed by atoms with Crippen molar-refractivity contribution < 1.29 is 9.53 Å². The van der Waals surface area contributed by atoms with Crippen molar-refractivity contribution in [3.63, 3.8) is 0 Å². The second-order valence-corrected chi connectivity index (χ2v) is 9.16. The lowest BCUT2D eigenvalue weighted by Crippen LogP contribution is -2.38. The molecule has 3 heterocycles. The van der Waals surface area contributed by atoms with Gasteiger partial charge in [-0.3, -0.25) is 4.79 Å². The summed E-state index contributed by atoms with van der Waals surface area (Å²) in [5.74, 6) is 0.983. The molecule has 32 heavy (non-hydrogen) atoms. The summed E-state index contributed by atoms with van der Waals surface area (Å²) in [6, 6.07) is 20.5. The average molecular weight is 425 g/mol. The first-order valence-corrected chi connectivity index (χ1v) is 11.7. The minimum absolute atomic E-state index is 0.0961. The normalized spacial score (nSPS) is 18.7. The van der Waals surface area contributed by atoms with E-state index >= 15 is 0 Å². The fourth-order valence-corrected chi connectivity index (χ4v) is 5.71. The van der Waals surface area contributed by atoms with E-state index in [0.29, 0.717) is 6.61 Å². The first kappa shape index (κ1) is 19.6. The molecule has 1 saturated heterocycles. The molecule has 1 atom stereocenters. The van der Waals surface area contributed by atoms with Crippen LogP contribution in [0.2, 0.25) is 0 Å². The summed E-state index contributed by atoms with van der Waals surface area (Å²) in [4.78, 5) is 16.5. The number of nitrogens with zero attached hydrogens (tertiary/aromatic N) is 2. The molecule has 2 aliphatic rings. The van der Waals surface area contributed by atoms with Crippen molar-refractivity contribution in [3.8, 4) is 5.75 Å². The Morgan fingerprint density at radius 3 is 2.56 bits per heavy atom. The largest absolute Gasteiger partial charge is 0.489 e. The van der Waals surface area contributed by atoms with E-state index < -0.39 is 0 Å². The first-order valence-electron chi connectivity index (χ1n) is 11.7. The molecule has 1 fully saturated rings. The van der Waals surface area contributed by atoms with Crippen LogP contribution in [0, 0.1) is 6.92 Å². The van der Waals surface area contributed by atoms with Gasteiger partial charge in [-0.1, -0.05) is 61.0 Å². The molecule has 0 spiro atoms.